The lowest BCUT2D eigenvalue weighted by molar-refractivity contribution is -0.672. The van der Waals surface area contributed by atoms with Gasteiger partial charge >= 0.3 is 11.3 Å². The molecule has 0 unspecified atom stereocenters. The minimum absolute atomic E-state index is 0.393. The average Bonchev–Trinajstić information content (AvgIpc) is 2.71. The van der Waals surface area contributed by atoms with Gasteiger partial charge in [-0.25, -0.2) is 4.79 Å². The summed E-state index contributed by atoms with van der Waals surface area (Å²) in [6.45, 7) is 5.81. The summed E-state index contributed by atoms with van der Waals surface area (Å²) in [5.41, 5.74) is 1.67. The average molecular weight is 217 g/mol. The minimum atomic E-state index is -0.393. The minimum Gasteiger partial charge on any atom is -0.282 e. The first-order valence-electron chi connectivity index (χ1n) is 5.11. The van der Waals surface area contributed by atoms with E-state index in [0.29, 0.717) is 12.1 Å². The van der Waals surface area contributed by atoms with Gasteiger partial charge in [0.05, 0.1) is 0 Å². The number of para-hydroxylation sites is 1. The van der Waals surface area contributed by atoms with E-state index in [1.54, 1.807) is 4.68 Å². The second-order valence-electron chi connectivity index (χ2n) is 3.46. The Kier molecular flexibility index (Phi) is 2.72. The maximum atomic E-state index is 11.5. The summed E-state index contributed by atoms with van der Waals surface area (Å²) >= 11 is 0. The topological polar surface area (TPSA) is 49.9 Å². The van der Waals surface area contributed by atoms with Gasteiger partial charge in [-0.3, -0.25) is 4.52 Å². The van der Waals surface area contributed by atoms with E-state index in [1.165, 1.54) is 0 Å². The van der Waals surface area contributed by atoms with Gasteiger partial charge in [0.15, 0.2) is 0 Å². The van der Waals surface area contributed by atoms with E-state index in [9.17, 15) is 4.79 Å². The van der Waals surface area contributed by atoms with Crippen molar-refractivity contribution in [3.63, 3.8) is 0 Å². The van der Waals surface area contributed by atoms with E-state index in [-0.39, 0.29) is 0 Å². The van der Waals surface area contributed by atoms with Crippen LogP contribution >= 0.6 is 0 Å². The van der Waals surface area contributed by atoms with Crippen molar-refractivity contribution in [3.8, 4) is 5.69 Å². The third-order valence-corrected chi connectivity index (χ3v) is 2.42. The van der Waals surface area contributed by atoms with Crippen LogP contribution in [0.2, 0.25) is 0 Å². The Morgan fingerprint density at radius 3 is 2.75 bits per heavy atom. The molecule has 0 fully saturated rings. The monoisotopic (exact) mass is 217 g/mol. The Morgan fingerprint density at radius 1 is 1.44 bits per heavy atom. The quantitative estimate of drug-likeness (QED) is 0.795. The van der Waals surface area contributed by atoms with Crippen LogP contribution in [0.3, 0.4) is 0 Å². The van der Waals surface area contributed by atoms with Crippen LogP contribution in [0.1, 0.15) is 19.0 Å². The van der Waals surface area contributed by atoms with Gasteiger partial charge in [0.25, 0.3) is 0 Å². The summed E-state index contributed by atoms with van der Waals surface area (Å²) < 4.78 is 6.40. The number of aromatic nitrogens is 2. The largest absolute Gasteiger partial charge is 0.435 e. The summed E-state index contributed by atoms with van der Waals surface area (Å²) in [6, 6.07) is 9.48. The van der Waals surface area contributed by atoms with Crippen molar-refractivity contribution in [1.82, 2.24) is 5.27 Å². The van der Waals surface area contributed by atoms with Crippen molar-refractivity contribution in [1.29, 1.82) is 0 Å². The third kappa shape index (κ3) is 1.69. The van der Waals surface area contributed by atoms with Crippen molar-refractivity contribution in [2.24, 2.45) is 0 Å². The molecule has 1 N–H and O–H groups in total. The third-order valence-electron chi connectivity index (χ3n) is 2.42. The molecule has 4 heteroatoms. The summed E-state index contributed by atoms with van der Waals surface area (Å²) in [7, 11) is 0. The number of hydrogen-bond donors (Lipinski definition) is 1. The predicted molar refractivity (Wildman–Crippen MR) is 60.2 cm³/mol. The van der Waals surface area contributed by atoms with Gasteiger partial charge in [-0.1, -0.05) is 31.7 Å². The molecule has 4 nitrogen and oxygen atoms in total. The molecule has 0 amide bonds. The Bertz CT molecular complexity index is 552. The molecule has 1 aromatic heterocycles. The fraction of sp³-hybridized carbons (Fsp3) is 0.167. The molecule has 0 aliphatic rings. The van der Waals surface area contributed by atoms with Crippen LogP contribution in [0.25, 0.3) is 11.3 Å². The molecule has 2 aromatic rings. The van der Waals surface area contributed by atoms with Crippen LogP contribution in [0.5, 0.6) is 0 Å². The molecule has 82 valence electrons. The van der Waals surface area contributed by atoms with Crippen molar-refractivity contribution >= 4 is 5.57 Å². The molecule has 16 heavy (non-hydrogen) atoms. The highest BCUT2D eigenvalue weighted by Crippen LogP contribution is 2.08. The van der Waals surface area contributed by atoms with Crippen molar-refractivity contribution in [3.05, 3.63) is 53.0 Å². The molecular weight excluding hydrogens is 204 g/mol. The summed E-state index contributed by atoms with van der Waals surface area (Å²) in [4.78, 5) is 11.5. The molecule has 0 bridgehead atoms. The summed E-state index contributed by atoms with van der Waals surface area (Å²) in [5.74, 6) is 0. The molecule has 2 rings (SSSR count). The highest BCUT2D eigenvalue weighted by molar-refractivity contribution is 5.56. The number of rotatable bonds is 3. The second kappa shape index (κ2) is 4.18. The number of nitrogens with one attached hydrogen (secondary N) is 1. The SMILES string of the molecule is C=C(CC)c1c(=O)o[nH][n+]1-c1ccccc1. The Morgan fingerprint density at radius 2 is 2.12 bits per heavy atom. The van der Waals surface area contributed by atoms with Gasteiger partial charge in [-0.15, -0.1) is 0 Å². The van der Waals surface area contributed by atoms with Gasteiger partial charge in [-0.05, 0) is 16.4 Å². The van der Waals surface area contributed by atoms with Crippen molar-refractivity contribution in [2.75, 3.05) is 0 Å². The Balaban J connectivity index is 2.59. The molecule has 0 saturated heterocycles. The van der Waals surface area contributed by atoms with Gasteiger partial charge in [0.1, 0.15) is 0 Å². The van der Waals surface area contributed by atoms with Crippen LogP contribution in [-0.2, 0) is 0 Å². The molecule has 0 atom stereocenters. The maximum Gasteiger partial charge on any atom is 0.435 e. The van der Waals surface area contributed by atoms with Gasteiger partial charge in [0.2, 0.25) is 5.69 Å². The summed E-state index contributed by atoms with van der Waals surface area (Å²) in [6.07, 6.45) is 0.704. The first-order valence-corrected chi connectivity index (χ1v) is 5.11. The van der Waals surface area contributed by atoms with Crippen molar-refractivity contribution in [2.45, 2.75) is 13.3 Å². The number of nitrogens with zero attached hydrogens (tertiary/aromatic N) is 1. The van der Waals surface area contributed by atoms with Gasteiger partial charge < -0.3 is 0 Å². The molecule has 0 radical (unpaired) electrons. The van der Waals surface area contributed by atoms with Crippen LogP contribution in [0.4, 0.5) is 0 Å². The highest BCUT2D eigenvalue weighted by Gasteiger charge is 2.24. The lowest BCUT2D eigenvalue weighted by Crippen LogP contribution is -2.37. The zero-order chi connectivity index (χ0) is 11.5. The maximum absolute atomic E-state index is 11.5. The normalized spacial score (nSPS) is 10.3. The van der Waals surface area contributed by atoms with Crippen LogP contribution in [0, 0.1) is 0 Å². The second-order valence-corrected chi connectivity index (χ2v) is 3.46. The molecule has 0 aliphatic heterocycles. The predicted octanol–water partition coefficient (Wildman–Crippen LogP) is 1.67. The first kappa shape index (κ1) is 10.4. The zero-order valence-electron chi connectivity index (χ0n) is 9.06. The molecule has 1 aromatic carbocycles. The first-order chi connectivity index (χ1) is 7.74. The Labute approximate surface area is 92.8 Å². The molecule has 0 aliphatic carbocycles. The highest BCUT2D eigenvalue weighted by atomic mass is 16.5. The Hall–Kier alpha value is -2.10. The molecular formula is C12H13N2O2+. The standard InChI is InChI=1S/C12H12N2O2/c1-3-9(2)11-12(15)16-13-14(11)10-7-5-4-6-8-10/h4-8H,2-3H2,1H3/p+1. The fourth-order valence-corrected chi connectivity index (χ4v) is 1.50. The van der Waals surface area contributed by atoms with E-state index >= 15 is 0 Å². The number of aromatic amines is 1. The van der Waals surface area contributed by atoms with E-state index in [0.717, 1.165) is 11.3 Å². The van der Waals surface area contributed by atoms with Gasteiger partial charge in [-0.2, -0.15) is 0 Å². The van der Waals surface area contributed by atoms with Gasteiger partial charge in [0, 0.05) is 17.7 Å². The smallest absolute Gasteiger partial charge is 0.282 e. The fourth-order valence-electron chi connectivity index (χ4n) is 1.50. The van der Waals surface area contributed by atoms with Crippen LogP contribution in [0.15, 0.2) is 46.2 Å². The number of H-pyrrole nitrogens is 1. The van der Waals surface area contributed by atoms with Crippen LogP contribution in [-0.4, -0.2) is 5.27 Å². The van der Waals surface area contributed by atoms with Crippen molar-refractivity contribution < 1.29 is 9.20 Å². The lowest BCUT2D eigenvalue weighted by Gasteiger charge is -1.94. The van der Waals surface area contributed by atoms with E-state index in [4.69, 9.17) is 4.52 Å². The molecule has 0 spiro atoms. The zero-order valence-corrected chi connectivity index (χ0v) is 9.06. The lowest BCUT2D eigenvalue weighted by atomic mass is 10.2. The van der Waals surface area contributed by atoms with E-state index in [2.05, 4.69) is 11.9 Å². The number of allylic oxidation sites excluding steroid dienone is 1. The van der Waals surface area contributed by atoms with E-state index in [1.807, 2.05) is 37.3 Å². The number of benzene rings is 1. The summed E-state index contributed by atoms with van der Waals surface area (Å²) in [5, 5.41) is 2.57. The molecule has 1 heterocycles. The molecule has 0 saturated carbocycles. The number of hydrogen-bond acceptors (Lipinski definition) is 2. The van der Waals surface area contributed by atoms with Crippen LogP contribution < -0.4 is 10.3 Å². The van der Waals surface area contributed by atoms with E-state index < -0.39 is 5.63 Å².